The lowest BCUT2D eigenvalue weighted by atomic mass is 9.55. The van der Waals surface area contributed by atoms with E-state index in [9.17, 15) is 0 Å². The zero-order valence-electron chi connectivity index (χ0n) is 20.8. The first-order valence-corrected chi connectivity index (χ1v) is 18.9. The quantitative estimate of drug-likeness (QED) is 0.352. The zero-order valence-corrected chi connectivity index (χ0v) is 22.8. The van der Waals surface area contributed by atoms with Crippen LogP contribution in [-0.4, -0.2) is 29.5 Å². The minimum absolute atomic E-state index is 0.215. The number of aryl methyl sites for hydroxylation is 1. The van der Waals surface area contributed by atoms with Gasteiger partial charge in [-0.05, 0) is 119 Å². The first-order chi connectivity index (χ1) is 14.4. The van der Waals surface area contributed by atoms with Gasteiger partial charge in [-0.25, -0.2) is 0 Å². The fourth-order valence-electron chi connectivity index (χ4n) is 6.45. The first-order valence-electron chi connectivity index (χ1n) is 12.1. The number of rotatable bonds is 5. The van der Waals surface area contributed by atoms with Gasteiger partial charge in [-0.2, -0.15) is 0 Å². The van der Waals surface area contributed by atoms with Crippen LogP contribution in [0.3, 0.4) is 0 Å². The number of nitrogens with zero attached hydrogens (tertiary/aromatic N) is 1. The summed E-state index contributed by atoms with van der Waals surface area (Å²) in [7, 11) is -1.77. The van der Waals surface area contributed by atoms with Crippen LogP contribution in [-0.2, 0) is 11.3 Å². The number of hydrogen-bond acceptors (Lipinski definition) is 4. The van der Waals surface area contributed by atoms with Crippen molar-refractivity contribution in [2.24, 2.45) is 22.4 Å². The maximum absolute atomic E-state index is 6.58. The molecule has 4 rings (SSSR count). The second-order valence-corrected chi connectivity index (χ2v) is 20.9. The minimum atomic E-state index is -1.74. The van der Waals surface area contributed by atoms with E-state index in [-0.39, 0.29) is 5.41 Å². The summed E-state index contributed by atoms with van der Waals surface area (Å²) >= 11 is 0. The third kappa shape index (κ3) is 4.47. The van der Waals surface area contributed by atoms with Gasteiger partial charge in [0.1, 0.15) is 18.6 Å². The third-order valence-corrected chi connectivity index (χ3v) is 9.23. The average Bonchev–Trinajstić information content (AvgIpc) is 2.97. The summed E-state index contributed by atoms with van der Waals surface area (Å²) in [5, 5.41) is 4.45. The van der Waals surface area contributed by atoms with Gasteiger partial charge >= 0.3 is 0 Å². The number of oxime groups is 1. The normalized spacial score (nSPS) is 31.6. The highest BCUT2D eigenvalue weighted by atomic mass is 28.4. The Balaban J connectivity index is 1.70. The lowest BCUT2D eigenvalue weighted by Crippen LogP contribution is -2.42. The topological polar surface area (TPSA) is 40.0 Å². The van der Waals surface area contributed by atoms with Gasteiger partial charge in [0.2, 0.25) is 16.6 Å². The van der Waals surface area contributed by atoms with Crippen LogP contribution >= 0.6 is 0 Å². The summed E-state index contributed by atoms with van der Waals surface area (Å²) in [5.74, 6) is 4.05. The predicted molar refractivity (Wildman–Crippen MR) is 133 cm³/mol. The molecule has 31 heavy (non-hydrogen) atoms. The van der Waals surface area contributed by atoms with Crippen molar-refractivity contribution in [3.63, 3.8) is 0 Å². The van der Waals surface area contributed by atoms with Crippen molar-refractivity contribution < 1.29 is 13.7 Å². The lowest BCUT2D eigenvalue weighted by Gasteiger charge is -2.49. The molecule has 0 unspecified atom stereocenters. The van der Waals surface area contributed by atoms with Gasteiger partial charge in [0.25, 0.3) is 0 Å². The van der Waals surface area contributed by atoms with Crippen LogP contribution in [0.5, 0.6) is 11.5 Å². The highest BCUT2D eigenvalue weighted by molar-refractivity contribution is 6.71. The van der Waals surface area contributed by atoms with Crippen molar-refractivity contribution in [2.75, 3.05) is 7.11 Å². The summed E-state index contributed by atoms with van der Waals surface area (Å²) in [6.45, 7) is 16.0. The highest BCUT2D eigenvalue weighted by Crippen LogP contribution is 2.60. The van der Waals surface area contributed by atoms with E-state index >= 15 is 0 Å². The first kappa shape index (κ1) is 22.9. The molecule has 172 valence electrons. The van der Waals surface area contributed by atoms with Crippen LogP contribution in [0.1, 0.15) is 56.1 Å². The van der Waals surface area contributed by atoms with Gasteiger partial charge in [-0.1, -0.05) is 12.1 Å². The van der Waals surface area contributed by atoms with E-state index < -0.39 is 16.6 Å². The Morgan fingerprint density at radius 1 is 0.903 bits per heavy atom. The molecule has 0 aliphatic heterocycles. The maximum atomic E-state index is 6.58. The van der Waals surface area contributed by atoms with Gasteiger partial charge < -0.3 is 13.7 Å². The Hall–Kier alpha value is -1.28. The molecule has 3 aliphatic rings. The summed E-state index contributed by atoms with van der Waals surface area (Å²) in [6, 6.07) is 4.71. The van der Waals surface area contributed by atoms with Crippen LogP contribution in [0.25, 0.3) is 0 Å². The molecule has 6 heteroatoms. The van der Waals surface area contributed by atoms with Gasteiger partial charge in [-0.3, -0.25) is 0 Å². The summed E-state index contributed by atoms with van der Waals surface area (Å²) in [6.07, 6.45) is 7.21. The van der Waals surface area contributed by atoms with Crippen molar-refractivity contribution in [1.82, 2.24) is 0 Å². The zero-order chi connectivity index (χ0) is 22.6. The molecule has 0 bridgehead atoms. The van der Waals surface area contributed by atoms with Gasteiger partial charge in [0.15, 0.2) is 0 Å². The van der Waals surface area contributed by atoms with Gasteiger partial charge in [-0.15, -0.1) is 0 Å². The molecule has 0 N–H and O–H groups in total. The van der Waals surface area contributed by atoms with Crippen molar-refractivity contribution >= 4 is 22.3 Å². The maximum Gasteiger partial charge on any atom is 0.242 e. The largest absolute Gasteiger partial charge is 0.542 e. The Bertz CT molecular complexity index is 871. The van der Waals surface area contributed by atoms with Crippen LogP contribution in [0.2, 0.25) is 39.3 Å². The highest BCUT2D eigenvalue weighted by Gasteiger charge is 2.54. The molecular weight excluding hydrogens is 418 g/mol. The molecule has 1 aromatic rings. The van der Waals surface area contributed by atoms with Crippen molar-refractivity contribution in [2.45, 2.75) is 90.6 Å². The number of fused-ring (bicyclic) bond motifs is 5. The number of benzene rings is 1. The molecule has 1 aromatic carbocycles. The van der Waals surface area contributed by atoms with Crippen LogP contribution in [0.4, 0.5) is 0 Å². The monoisotopic (exact) mass is 459 g/mol. The molecule has 4 atom stereocenters. The summed E-state index contributed by atoms with van der Waals surface area (Å²) in [4.78, 5) is 5.21. The van der Waals surface area contributed by atoms with E-state index in [4.69, 9.17) is 13.7 Å². The smallest absolute Gasteiger partial charge is 0.242 e. The van der Waals surface area contributed by atoms with E-state index in [0.29, 0.717) is 11.8 Å². The van der Waals surface area contributed by atoms with E-state index in [0.717, 1.165) is 30.3 Å². The predicted octanol–water partition coefficient (Wildman–Crippen LogP) is 6.97. The second kappa shape index (κ2) is 7.94. The Kier molecular flexibility index (Phi) is 5.87. The average molecular weight is 460 g/mol. The number of hydrogen-bond donors (Lipinski definition) is 0. The van der Waals surface area contributed by atoms with Crippen molar-refractivity contribution in [1.29, 1.82) is 0 Å². The third-order valence-electron chi connectivity index (χ3n) is 7.56. The molecule has 0 spiro atoms. The second-order valence-electron chi connectivity index (χ2n) is 12.1. The Morgan fingerprint density at radius 3 is 2.16 bits per heavy atom. The molecule has 2 fully saturated rings. The fraction of sp³-hybridized carbons (Fsp3) is 0.720. The van der Waals surface area contributed by atoms with Crippen molar-refractivity contribution in [3.8, 4) is 11.5 Å². The van der Waals surface area contributed by atoms with E-state index in [1.165, 1.54) is 42.5 Å². The molecule has 0 aromatic heterocycles. The molecular formula is C25H41NO3Si2. The van der Waals surface area contributed by atoms with Crippen LogP contribution in [0, 0.1) is 17.3 Å². The molecule has 0 radical (unpaired) electrons. The summed E-state index contributed by atoms with van der Waals surface area (Å²) < 4.78 is 13.1. The molecule has 2 saturated carbocycles. The van der Waals surface area contributed by atoms with Crippen molar-refractivity contribution in [3.05, 3.63) is 23.3 Å². The van der Waals surface area contributed by atoms with Crippen LogP contribution in [0.15, 0.2) is 17.3 Å². The van der Waals surface area contributed by atoms with E-state index in [2.05, 4.69) is 63.5 Å². The van der Waals surface area contributed by atoms with Gasteiger partial charge in [0.05, 0.1) is 5.71 Å². The molecule has 3 aliphatic carbocycles. The molecule has 0 heterocycles. The van der Waals surface area contributed by atoms with E-state index in [1.807, 2.05) is 0 Å². The standard InChI is InChI=1S/C25H41NO3Si2/c1-25-14-13-18-19(21(25)11-12-24(25)26-27-2)10-9-17-15-22(28-30(3,4)5)23(16-20(17)18)29-31(6,7)8/h15-16,18-19,21H,9-14H2,1-8H3/b26-24-/t18-,19+,21-,25-/m0/s1. The van der Waals surface area contributed by atoms with Gasteiger partial charge in [0, 0.05) is 5.41 Å². The SMILES string of the molecule is CO/N=C1/CC[C@H]2[C@@H]3CCc4cc(O[Si](C)(C)C)c(O[Si](C)(C)C)cc4[C@H]3CC[C@]12C. The Morgan fingerprint density at radius 2 is 1.55 bits per heavy atom. The molecule has 0 amide bonds. The molecule has 4 nitrogen and oxygen atoms in total. The van der Waals surface area contributed by atoms with E-state index in [1.54, 1.807) is 7.11 Å². The van der Waals surface area contributed by atoms with Crippen LogP contribution < -0.4 is 8.85 Å². The summed E-state index contributed by atoms with van der Waals surface area (Å²) in [5.41, 5.74) is 4.54. The Labute approximate surface area is 191 Å². The fourth-order valence-corrected chi connectivity index (χ4v) is 8.08. The molecule has 0 saturated heterocycles. The minimum Gasteiger partial charge on any atom is -0.542 e. The lowest BCUT2D eigenvalue weighted by molar-refractivity contribution is 0.0923.